The van der Waals surface area contributed by atoms with E-state index in [-0.39, 0.29) is 29.8 Å². The molecule has 0 aromatic carbocycles. The summed E-state index contributed by atoms with van der Waals surface area (Å²) in [6.07, 6.45) is 5.36. The molecule has 0 saturated carbocycles. The zero-order chi connectivity index (χ0) is 13.6. The summed E-state index contributed by atoms with van der Waals surface area (Å²) >= 11 is 0. The minimum absolute atomic E-state index is 0.0286. The Morgan fingerprint density at radius 2 is 2.11 bits per heavy atom. The second-order valence-corrected chi connectivity index (χ2v) is 5.42. The third kappa shape index (κ3) is 1.87. The van der Waals surface area contributed by atoms with Gasteiger partial charge in [0.1, 0.15) is 0 Å². The maximum atomic E-state index is 12.8. The fourth-order valence-corrected chi connectivity index (χ4v) is 3.06. The van der Waals surface area contributed by atoms with E-state index in [1.807, 2.05) is 19.9 Å². The Hall–Kier alpha value is -1.68. The number of hydrogen-bond donors (Lipinski definition) is 1. The number of rotatable bonds is 2. The Kier molecular flexibility index (Phi) is 2.90. The molecule has 100 valence electrons. The van der Waals surface area contributed by atoms with Crippen molar-refractivity contribution in [2.24, 2.45) is 11.8 Å². The Morgan fingerprint density at radius 1 is 1.32 bits per heavy atom. The number of aromatic nitrogens is 2. The van der Waals surface area contributed by atoms with Gasteiger partial charge in [0.15, 0.2) is 5.78 Å². The minimum Gasteiger partial charge on any atom is -0.374 e. The number of nitrogens with zero attached hydrogens (tertiary/aromatic N) is 1. The highest BCUT2D eigenvalue weighted by atomic mass is 16.5. The van der Waals surface area contributed by atoms with Crippen molar-refractivity contribution in [1.82, 2.24) is 9.97 Å². The summed E-state index contributed by atoms with van der Waals surface area (Å²) in [7, 11) is 0. The number of fused-ring (bicyclic) bond motifs is 1. The van der Waals surface area contributed by atoms with Crippen molar-refractivity contribution < 1.29 is 9.53 Å². The van der Waals surface area contributed by atoms with E-state index in [1.54, 1.807) is 18.6 Å². The van der Waals surface area contributed by atoms with Crippen LogP contribution < -0.4 is 0 Å². The molecule has 3 rings (SSSR count). The Morgan fingerprint density at radius 3 is 2.79 bits per heavy atom. The van der Waals surface area contributed by atoms with Crippen molar-refractivity contribution in [3.8, 4) is 0 Å². The number of carbonyl (C=O) groups excluding carboxylic acids is 1. The van der Waals surface area contributed by atoms with Crippen molar-refractivity contribution >= 4 is 16.7 Å². The second-order valence-electron chi connectivity index (χ2n) is 5.42. The van der Waals surface area contributed by atoms with E-state index in [4.69, 9.17) is 4.74 Å². The molecule has 0 radical (unpaired) electrons. The van der Waals surface area contributed by atoms with Crippen LogP contribution in [0.1, 0.15) is 31.1 Å². The molecule has 2 aromatic heterocycles. The van der Waals surface area contributed by atoms with Crippen molar-refractivity contribution in [3.63, 3.8) is 0 Å². The van der Waals surface area contributed by atoms with Gasteiger partial charge in [-0.1, -0.05) is 6.92 Å². The molecule has 0 bridgehead atoms. The molecule has 1 saturated heterocycles. The summed E-state index contributed by atoms with van der Waals surface area (Å²) in [5.74, 6) is 0.321. The predicted octanol–water partition coefficient (Wildman–Crippen LogP) is 2.81. The number of pyridine rings is 1. The lowest BCUT2D eigenvalue weighted by atomic mass is 9.83. The molecule has 1 fully saturated rings. The zero-order valence-electron chi connectivity index (χ0n) is 11.4. The average molecular weight is 258 g/mol. The number of nitrogens with one attached hydrogen (secondary N) is 1. The van der Waals surface area contributed by atoms with Crippen LogP contribution in [-0.2, 0) is 4.74 Å². The molecular weight excluding hydrogens is 240 g/mol. The van der Waals surface area contributed by atoms with Crippen molar-refractivity contribution in [3.05, 3.63) is 30.2 Å². The number of ketones is 1. The summed E-state index contributed by atoms with van der Waals surface area (Å²) in [4.78, 5) is 20.0. The normalized spacial score (nSPS) is 30.9. The van der Waals surface area contributed by atoms with E-state index in [0.717, 1.165) is 16.5 Å². The molecule has 1 aliphatic heterocycles. The number of aromatic amines is 1. The van der Waals surface area contributed by atoms with E-state index < -0.39 is 0 Å². The van der Waals surface area contributed by atoms with Gasteiger partial charge in [0.2, 0.25) is 0 Å². The van der Waals surface area contributed by atoms with Gasteiger partial charge in [-0.3, -0.25) is 9.78 Å². The van der Waals surface area contributed by atoms with E-state index in [1.165, 1.54) is 0 Å². The molecule has 0 amide bonds. The maximum absolute atomic E-state index is 12.8. The standard InChI is InChI=1S/C15H18N2O2/c1-8-9(2)19-10(3)14(8)15(18)12-7-17-13-4-5-16-6-11(12)13/h4-10,14,17H,1-3H3. The highest BCUT2D eigenvalue weighted by Gasteiger charge is 2.42. The van der Waals surface area contributed by atoms with Crippen LogP contribution in [-0.4, -0.2) is 28.0 Å². The Balaban J connectivity index is 2.00. The first-order chi connectivity index (χ1) is 9.09. The van der Waals surface area contributed by atoms with Gasteiger partial charge in [-0.25, -0.2) is 0 Å². The monoisotopic (exact) mass is 258 g/mol. The van der Waals surface area contributed by atoms with Gasteiger partial charge in [-0.2, -0.15) is 0 Å². The van der Waals surface area contributed by atoms with Crippen LogP contribution in [0.3, 0.4) is 0 Å². The first-order valence-electron chi connectivity index (χ1n) is 6.70. The number of H-pyrrole nitrogens is 1. The predicted molar refractivity (Wildman–Crippen MR) is 73.1 cm³/mol. The van der Waals surface area contributed by atoms with Crippen molar-refractivity contribution in [1.29, 1.82) is 0 Å². The maximum Gasteiger partial charge on any atom is 0.171 e. The van der Waals surface area contributed by atoms with E-state index in [9.17, 15) is 4.79 Å². The number of carbonyl (C=O) groups is 1. The van der Waals surface area contributed by atoms with Gasteiger partial charge in [-0.05, 0) is 25.8 Å². The first-order valence-corrected chi connectivity index (χ1v) is 6.70. The van der Waals surface area contributed by atoms with E-state index in [0.29, 0.717) is 0 Å². The summed E-state index contributed by atoms with van der Waals surface area (Å²) in [6, 6.07) is 1.88. The largest absolute Gasteiger partial charge is 0.374 e. The van der Waals surface area contributed by atoms with Crippen molar-refractivity contribution in [2.75, 3.05) is 0 Å². The summed E-state index contributed by atoms with van der Waals surface area (Å²) < 4.78 is 5.77. The van der Waals surface area contributed by atoms with Crippen LogP contribution in [0.15, 0.2) is 24.7 Å². The molecule has 0 spiro atoms. The van der Waals surface area contributed by atoms with Crippen LogP contribution in [0, 0.1) is 11.8 Å². The number of hydrogen-bond acceptors (Lipinski definition) is 3. The van der Waals surface area contributed by atoms with Gasteiger partial charge in [0, 0.05) is 35.1 Å². The minimum atomic E-state index is -0.0748. The van der Waals surface area contributed by atoms with Gasteiger partial charge in [0.25, 0.3) is 0 Å². The molecule has 1 aliphatic rings. The summed E-state index contributed by atoms with van der Waals surface area (Å²) in [6.45, 7) is 6.10. The quantitative estimate of drug-likeness (QED) is 0.843. The third-order valence-corrected chi connectivity index (χ3v) is 4.29. The molecular formula is C15H18N2O2. The topological polar surface area (TPSA) is 55.0 Å². The number of Topliss-reactive ketones (excluding diaryl/α,β-unsaturated/α-hetero) is 1. The van der Waals surface area contributed by atoms with Gasteiger partial charge in [-0.15, -0.1) is 0 Å². The lowest BCUT2D eigenvalue weighted by Crippen LogP contribution is -2.26. The number of ether oxygens (including phenoxy) is 1. The summed E-state index contributed by atoms with van der Waals surface area (Å²) in [5, 5.41) is 0.895. The highest BCUT2D eigenvalue weighted by molar-refractivity contribution is 6.09. The Labute approximate surface area is 112 Å². The molecule has 4 unspecified atom stereocenters. The fourth-order valence-electron chi connectivity index (χ4n) is 3.06. The van der Waals surface area contributed by atoms with Gasteiger partial charge >= 0.3 is 0 Å². The molecule has 19 heavy (non-hydrogen) atoms. The van der Waals surface area contributed by atoms with E-state index >= 15 is 0 Å². The van der Waals surface area contributed by atoms with E-state index in [2.05, 4.69) is 16.9 Å². The highest BCUT2D eigenvalue weighted by Crippen LogP contribution is 2.35. The molecule has 4 nitrogen and oxygen atoms in total. The zero-order valence-corrected chi connectivity index (χ0v) is 11.4. The molecule has 4 atom stereocenters. The SMILES string of the molecule is CC1OC(C)C(C(=O)c2c[nH]c3ccncc23)C1C. The lowest BCUT2D eigenvalue weighted by Gasteiger charge is -2.16. The Bertz CT molecular complexity index is 619. The van der Waals surface area contributed by atoms with Crippen LogP contribution in [0.5, 0.6) is 0 Å². The van der Waals surface area contributed by atoms with Gasteiger partial charge in [0.05, 0.1) is 18.1 Å². The first kappa shape index (κ1) is 12.4. The van der Waals surface area contributed by atoms with Crippen LogP contribution in [0.25, 0.3) is 10.9 Å². The molecule has 3 heterocycles. The molecule has 4 heteroatoms. The van der Waals surface area contributed by atoms with Crippen molar-refractivity contribution in [2.45, 2.75) is 33.0 Å². The van der Waals surface area contributed by atoms with Gasteiger partial charge < -0.3 is 9.72 Å². The smallest absolute Gasteiger partial charge is 0.171 e. The average Bonchev–Trinajstić information content (AvgIpc) is 2.91. The summed E-state index contributed by atoms with van der Waals surface area (Å²) in [5.41, 5.74) is 1.68. The van der Waals surface area contributed by atoms with Crippen LogP contribution in [0.4, 0.5) is 0 Å². The molecule has 0 aliphatic carbocycles. The van der Waals surface area contributed by atoms with Crippen LogP contribution in [0.2, 0.25) is 0 Å². The third-order valence-electron chi connectivity index (χ3n) is 4.29. The van der Waals surface area contributed by atoms with Crippen LogP contribution >= 0.6 is 0 Å². The second kappa shape index (κ2) is 4.46. The molecule has 1 N–H and O–H groups in total. The fraction of sp³-hybridized carbons (Fsp3) is 0.467. The lowest BCUT2D eigenvalue weighted by molar-refractivity contribution is 0.0491. The molecule has 2 aromatic rings.